The Labute approximate surface area is 109 Å². The van der Waals surface area contributed by atoms with Gasteiger partial charge in [-0.3, -0.25) is 0 Å². The molecule has 0 bridgehead atoms. The van der Waals surface area contributed by atoms with Gasteiger partial charge in [0.1, 0.15) is 10.8 Å². The van der Waals surface area contributed by atoms with Crippen molar-refractivity contribution < 1.29 is 4.74 Å². The molecule has 1 aromatic carbocycles. The summed E-state index contributed by atoms with van der Waals surface area (Å²) in [6, 6.07) is 6.30. The highest BCUT2D eigenvalue weighted by Crippen LogP contribution is 2.31. The lowest BCUT2D eigenvalue weighted by Crippen LogP contribution is -2.07. The van der Waals surface area contributed by atoms with Crippen LogP contribution < -0.4 is 4.74 Å². The minimum Gasteiger partial charge on any atom is -0.493 e. The molecule has 1 aliphatic heterocycles. The molecular formula is C13H12ClNOS. The fourth-order valence-electron chi connectivity index (χ4n) is 1.99. The highest BCUT2D eigenvalue weighted by Gasteiger charge is 2.12. The number of aryl methyl sites for hydroxylation is 1. The normalized spacial score (nSPS) is 14.2. The number of hydrogen-bond acceptors (Lipinski definition) is 3. The monoisotopic (exact) mass is 265 g/mol. The third kappa shape index (κ3) is 2.17. The second-order valence-corrected chi connectivity index (χ2v) is 5.18. The molecule has 0 saturated heterocycles. The average Bonchev–Trinajstić information content (AvgIpc) is 2.87. The van der Waals surface area contributed by atoms with Crippen LogP contribution in [0.25, 0.3) is 10.6 Å². The van der Waals surface area contributed by atoms with Crippen LogP contribution in [0.1, 0.15) is 17.7 Å². The molecule has 1 aromatic heterocycles. The molecule has 0 fully saturated rings. The quantitative estimate of drug-likeness (QED) is 0.769. The van der Waals surface area contributed by atoms with Gasteiger partial charge < -0.3 is 4.74 Å². The van der Waals surface area contributed by atoms with Crippen LogP contribution in [0.5, 0.6) is 5.75 Å². The molecular weight excluding hydrogens is 254 g/mol. The second kappa shape index (κ2) is 4.67. The minimum atomic E-state index is 0.477. The van der Waals surface area contributed by atoms with Crippen molar-refractivity contribution in [2.45, 2.75) is 18.7 Å². The summed E-state index contributed by atoms with van der Waals surface area (Å²) in [6.45, 7) is 0.833. The number of halogens is 1. The molecule has 0 spiro atoms. The number of rotatable bonds is 2. The van der Waals surface area contributed by atoms with E-state index in [1.807, 2.05) is 11.4 Å². The number of nitrogens with zero attached hydrogens (tertiary/aromatic N) is 1. The number of aromatic nitrogens is 1. The molecule has 3 rings (SSSR count). The van der Waals surface area contributed by atoms with Crippen LogP contribution in [-0.4, -0.2) is 11.6 Å². The molecule has 0 unspecified atom stereocenters. The van der Waals surface area contributed by atoms with E-state index >= 15 is 0 Å². The van der Waals surface area contributed by atoms with Gasteiger partial charge in [0.25, 0.3) is 0 Å². The number of thiazole rings is 1. The maximum atomic E-state index is 5.77. The van der Waals surface area contributed by atoms with Gasteiger partial charge in [-0.2, -0.15) is 0 Å². The van der Waals surface area contributed by atoms with Crippen molar-refractivity contribution in [3.8, 4) is 16.3 Å². The van der Waals surface area contributed by atoms with Gasteiger partial charge in [-0.25, -0.2) is 4.98 Å². The van der Waals surface area contributed by atoms with E-state index in [0.717, 1.165) is 41.5 Å². The van der Waals surface area contributed by atoms with E-state index in [1.165, 1.54) is 5.56 Å². The van der Waals surface area contributed by atoms with Gasteiger partial charge in [-0.1, -0.05) is 0 Å². The summed E-state index contributed by atoms with van der Waals surface area (Å²) < 4.78 is 5.60. The fraction of sp³-hybridized carbons (Fsp3) is 0.308. The molecule has 0 amide bonds. The third-order valence-electron chi connectivity index (χ3n) is 2.84. The van der Waals surface area contributed by atoms with E-state index in [1.54, 1.807) is 11.3 Å². The van der Waals surface area contributed by atoms with Crippen LogP contribution in [0.4, 0.5) is 0 Å². The summed E-state index contributed by atoms with van der Waals surface area (Å²) >= 11 is 7.41. The van der Waals surface area contributed by atoms with Crippen LogP contribution in [0.15, 0.2) is 23.6 Å². The van der Waals surface area contributed by atoms with Crippen molar-refractivity contribution in [2.24, 2.45) is 0 Å². The molecule has 17 heavy (non-hydrogen) atoms. The molecule has 0 saturated carbocycles. The largest absolute Gasteiger partial charge is 0.493 e. The fourth-order valence-corrected chi connectivity index (χ4v) is 3.04. The lowest BCUT2D eigenvalue weighted by molar-refractivity contribution is 0.288. The Morgan fingerprint density at radius 1 is 1.41 bits per heavy atom. The van der Waals surface area contributed by atoms with Crippen molar-refractivity contribution in [2.75, 3.05) is 6.61 Å². The van der Waals surface area contributed by atoms with E-state index in [9.17, 15) is 0 Å². The van der Waals surface area contributed by atoms with Gasteiger partial charge in [0.05, 0.1) is 18.2 Å². The van der Waals surface area contributed by atoms with Crippen molar-refractivity contribution in [1.29, 1.82) is 0 Å². The molecule has 0 N–H and O–H groups in total. The summed E-state index contributed by atoms with van der Waals surface area (Å²) in [5.41, 5.74) is 3.40. The van der Waals surface area contributed by atoms with Crippen molar-refractivity contribution in [3.63, 3.8) is 0 Å². The molecule has 1 aliphatic rings. The molecule has 2 nitrogen and oxygen atoms in total. The number of alkyl halides is 1. The van der Waals surface area contributed by atoms with Crippen molar-refractivity contribution in [1.82, 2.24) is 4.98 Å². The lowest BCUT2D eigenvalue weighted by atomic mass is 10.0. The zero-order chi connectivity index (χ0) is 11.7. The Morgan fingerprint density at radius 2 is 2.35 bits per heavy atom. The van der Waals surface area contributed by atoms with E-state index in [2.05, 4.69) is 17.1 Å². The van der Waals surface area contributed by atoms with Gasteiger partial charge >= 0.3 is 0 Å². The Morgan fingerprint density at radius 3 is 3.18 bits per heavy atom. The Bertz CT molecular complexity index is 538. The smallest absolute Gasteiger partial charge is 0.123 e. The molecule has 4 heteroatoms. The summed E-state index contributed by atoms with van der Waals surface area (Å²) in [4.78, 5) is 4.49. The third-order valence-corrected chi connectivity index (χ3v) is 4.06. The summed E-state index contributed by atoms with van der Waals surface area (Å²) in [5.74, 6) is 1.50. The van der Waals surface area contributed by atoms with E-state index < -0.39 is 0 Å². The topological polar surface area (TPSA) is 22.1 Å². The van der Waals surface area contributed by atoms with Crippen LogP contribution in [0, 0.1) is 0 Å². The summed E-state index contributed by atoms with van der Waals surface area (Å²) in [6.07, 6.45) is 2.19. The first-order valence-electron chi connectivity index (χ1n) is 5.63. The molecule has 2 aromatic rings. The first kappa shape index (κ1) is 11.1. The highest BCUT2D eigenvalue weighted by molar-refractivity contribution is 7.13. The summed E-state index contributed by atoms with van der Waals surface area (Å²) in [5, 5.41) is 3.05. The Balaban J connectivity index is 1.97. The molecule has 88 valence electrons. The van der Waals surface area contributed by atoms with Gasteiger partial charge in [0, 0.05) is 10.9 Å². The van der Waals surface area contributed by atoms with Crippen LogP contribution in [-0.2, 0) is 12.3 Å². The molecule has 0 radical (unpaired) electrons. The van der Waals surface area contributed by atoms with Crippen LogP contribution in [0.3, 0.4) is 0 Å². The molecule has 0 aliphatic carbocycles. The highest BCUT2D eigenvalue weighted by atomic mass is 35.5. The van der Waals surface area contributed by atoms with Gasteiger partial charge in [-0.05, 0) is 36.6 Å². The maximum absolute atomic E-state index is 5.77. The number of ether oxygens (including phenoxy) is 1. The first-order valence-corrected chi connectivity index (χ1v) is 7.05. The van der Waals surface area contributed by atoms with E-state index in [4.69, 9.17) is 16.3 Å². The predicted octanol–water partition coefficient (Wildman–Crippen LogP) is 3.87. The summed E-state index contributed by atoms with van der Waals surface area (Å²) in [7, 11) is 0. The predicted molar refractivity (Wildman–Crippen MR) is 70.9 cm³/mol. The SMILES string of the molecule is ClCc1csc(-c2ccc3c(c2)CCCO3)n1. The number of benzene rings is 1. The van der Waals surface area contributed by atoms with Crippen molar-refractivity contribution in [3.05, 3.63) is 34.8 Å². The Hall–Kier alpha value is -1.06. The zero-order valence-corrected chi connectivity index (χ0v) is 10.9. The second-order valence-electron chi connectivity index (χ2n) is 4.05. The Kier molecular flexibility index (Phi) is 3.04. The molecule has 2 heterocycles. The van der Waals surface area contributed by atoms with E-state index in [0.29, 0.717) is 5.88 Å². The van der Waals surface area contributed by atoms with Crippen LogP contribution >= 0.6 is 22.9 Å². The number of hydrogen-bond donors (Lipinski definition) is 0. The van der Waals surface area contributed by atoms with Gasteiger partial charge in [0.2, 0.25) is 0 Å². The van der Waals surface area contributed by atoms with Crippen molar-refractivity contribution >= 4 is 22.9 Å². The zero-order valence-electron chi connectivity index (χ0n) is 9.28. The van der Waals surface area contributed by atoms with Gasteiger partial charge in [-0.15, -0.1) is 22.9 Å². The maximum Gasteiger partial charge on any atom is 0.123 e. The first-order chi connectivity index (χ1) is 8.36. The van der Waals surface area contributed by atoms with E-state index in [-0.39, 0.29) is 0 Å². The standard InChI is InChI=1S/C13H12ClNOS/c14-7-11-8-17-13(15-11)10-3-4-12-9(6-10)2-1-5-16-12/h3-4,6,8H,1-2,5,7H2. The average molecular weight is 266 g/mol. The number of fused-ring (bicyclic) bond motifs is 1. The van der Waals surface area contributed by atoms with Crippen LogP contribution in [0.2, 0.25) is 0 Å². The molecule has 0 atom stereocenters. The lowest BCUT2D eigenvalue weighted by Gasteiger charge is -2.17. The van der Waals surface area contributed by atoms with Gasteiger partial charge in [0.15, 0.2) is 0 Å². The minimum absolute atomic E-state index is 0.477.